The van der Waals surface area contributed by atoms with Gasteiger partial charge in [-0.1, -0.05) is 17.2 Å². The van der Waals surface area contributed by atoms with Crippen molar-refractivity contribution in [2.45, 2.75) is 61.7 Å². The third-order valence-corrected chi connectivity index (χ3v) is 11.4. The van der Waals surface area contributed by atoms with Gasteiger partial charge >= 0.3 is 6.18 Å². The lowest BCUT2D eigenvalue weighted by atomic mass is 9.60. The van der Waals surface area contributed by atoms with Crippen LogP contribution < -0.4 is 0 Å². The molecule has 3 aliphatic rings. The summed E-state index contributed by atoms with van der Waals surface area (Å²) >= 11 is 6.03. The zero-order valence-corrected chi connectivity index (χ0v) is 25.8. The first kappa shape index (κ1) is 30.8. The molecule has 3 aliphatic carbocycles. The molecule has 0 spiro atoms. The standard InChI is InChI=1S/C33H27ClF4N4O3S/c34-23-2-11-28(12-3-23)46(44,45)42(26-9-10-26)27-6-1-21-16-30-20(19-40-41(30)25-7-4-24(35)5-8-25)17-32(21,18-27)31(43)29-15-22(13-14-39-29)33(36,37)38/h2-5,7-8,11-16,19,26-27H,1,6,9-10,17-18H2/t27-,32-/m0/s1. The molecule has 13 heteroatoms. The van der Waals surface area contributed by atoms with Gasteiger partial charge in [0, 0.05) is 23.3 Å². The van der Waals surface area contributed by atoms with Gasteiger partial charge in [0.05, 0.1) is 33.5 Å². The fourth-order valence-corrected chi connectivity index (χ4v) is 8.84. The fourth-order valence-electron chi connectivity index (χ4n) is 6.81. The van der Waals surface area contributed by atoms with Gasteiger partial charge < -0.3 is 0 Å². The molecule has 2 heterocycles. The molecule has 2 saturated carbocycles. The van der Waals surface area contributed by atoms with E-state index in [0.717, 1.165) is 18.3 Å². The minimum Gasteiger partial charge on any atom is -0.291 e. The van der Waals surface area contributed by atoms with Gasteiger partial charge in [-0.05, 0) is 111 Å². The normalized spacial score (nSPS) is 21.4. The van der Waals surface area contributed by atoms with Crippen molar-refractivity contribution in [3.05, 3.63) is 112 Å². The van der Waals surface area contributed by atoms with E-state index in [4.69, 9.17) is 11.6 Å². The lowest BCUT2D eigenvalue weighted by Crippen LogP contribution is -2.51. The predicted octanol–water partition coefficient (Wildman–Crippen LogP) is 7.29. The van der Waals surface area contributed by atoms with Crippen molar-refractivity contribution >= 4 is 33.5 Å². The number of sulfonamides is 1. The largest absolute Gasteiger partial charge is 0.416 e. The molecule has 7 rings (SSSR count). The van der Waals surface area contributed by atoms with Crippen LogP contribution in [-0.4, -0.2) is 45.4 Å². The molecule has 0 aliphatic heterocycles. The van der Waals surface area contributed by atoms with Crippen molar-refractivity contribution in [2.24, 2.45) is 5.41 Å². The molecule has 238 valence electrons. The Kier molecular flexibility index (Phi) is 7.45. The maximum atomic E-state index is 14.5. The lowest BCUT2D eigenvalue weighted by Gasteiger charge is -2.46. The van der Waals surface area contributed by atoms with E-state index in [1.807, 2.05) is 6.08 Å². The summed E-state index contributed by atoms with van der Waals surface area (Å²) in [5.74, 6) is -1.01. The minimum absolute atomic E-state index is 0.0556. The second-order valence-corrected chi connectivity index (χ2v) is 14.3. The van der Waals surface area contributed by atoms with E-state index >= 15 is 0 Å². The van der Waals surface area contributed by atoms with Crippen LogP contribution in [0.4, 0.5) is 17.6 Å². The molecule has 0 saturated heterocycles. The Labute approximate surface area is 267 Å². The summed E-state index contributed by atoms with van der Waals surface area (Å²) in [5, 5.41) is 4.89. The number of hydrogen-bond donors (Lipinski definition) is 0. The van der Waals surface area contributed by atoms with Gasteiger partial charge in [0.15, 0.2) is 5.78 Å². The molecule has 0 N–H and O–H groups in total. The maximum absolute atomic E-state index is 14.5. The highest BCUT2D eigenvalue weighted by atomic mass is 35.5. The molecule has 2 aromatic heterocycles. The number of carbonyl (C=O) groups is 1. The molecule has 2 aromatic carbocycles. The van der Waals surface area contributed by atoms with E-state index < -0.39 is 44.8 Å². The van der Waals surface area contributed by atoms with Crippen molar-refractivity contribution in [3.8, 4) is 5.69 Å². The van der Waals surface area contributed by atoms with Crippen LogP contribution >= 0.6 is 11.6 Å². The Balaban J connectivity index is 1.33. The number of allylic oxidation sites excluding steroid dienone is 1. The van der Waals surface area contributed by atoms with Gasteiger partial charge in [-0.2, -0.15) is 22.6 Å². The summed E-state index contributed by atoms with van der Waals surface area (Å²) < 4.78 is 86.0. The van der Waals surface area contributed by atoms with E-state index in [0.29, 0.717) is 53.2 Å². The summed E-state index contributed by atoms with van der Waals surface area (Å²) in [6, 6.07) is 12.4. The summed E-state index contributed by atoms with van der Waals surface area (Å²) in [7, 11) is -4.00. The van der Waals surface area contributed by atoms with Gasteiger partial charge in [0.1, 0.15) is 11.5 Å². The summed E-state index contributed by atoms with van der Waals surface area (Å²) in [4.78, 5) is 18.7. The summed E-state index contributed by atoms with van der Waals surface area (Å²) in [6.45, 7) is 0. The van der Waals surface area contributed by atoms with Crippen LogP contribution in [0.25, 0.3) is 11.8 Å². The highest BCUT2D eigenvalue weighted by Crippen LogP contribution is 2.53. The molecule has 0 amide bonds. The summed E-state index contributed by atoms with van der Waals surface area (Å²) in [5.41, 5.74) is -0.0997. The fraction of sp³-hybridized carbons (Fsp3) is 0.303. The Hall–Kier alpha value is -3.87. The van der Waals surface area contributed by atoms with Crippen molar-refractivity contribution in [2.75, 3.05) is 0 Å². The molecule has 0 bridgehead atoms. The molecule has 7 nitrogen and oxygen atoms in total. The van der Waals surface area contributed by atoms with Gasteiger partial charge in [0.2, 0.25) is 10.0 Å². The molecule has 0 unspecified atom stereocenters. The Bertz CT molecular complexity index is 1970. The van der Waals surface area contributed by atoms with E-state index in [1.54, 1.807) is 23.0 Å². The quantitative estimate of drug-likeness (QED) is 0.152. The smallest absolute Gasteiger partial charge is 0.291 e. The Morgan fingerprint density at radius 1 is 1.00 bits per heavy atom. The first-order valence-electron chi connectivity index (χ1n) is 14.8. The van der Waals surface area contributed by atoms with Crippen LogP contribution in [0.2, 0.25) is 5.02 Å². The van der Waals surface area contributed by atoms with Gasteiger partial charge in [-0.3, -0.25) is 9.78 Å². The molecule has 4 aromatic rings. The van der Waals surface area contributed by atoms with E-state index in [9.17, 15) is 30.8 Å². The number of hydrogen-bond acceptors (Lipinski definition) is 5. The van der Waals surface area contributed by atoms with Gasteiger partial charge in [-0.15, -0.1) is 0 Å². The van der Waals surface area contributed by atoms with Crippen molar-refractivity contribution in [3.63, 3.8) is 0 Å². The number of fused-ring (bicyclic) bond motifs is 2. The zero-order chi connectivity index (χ0) is 32.4. The highest BCUT2D eigenvalue weighted by molar-refractivity contribution is 7.89. The Morgan fingerprint density at radius 3 is 2.39 bits per heavy atom. The number of rotatable bonds is 7. The van der Waals surface area contributed by atoms with Crippen LogP contribution in [0.5, 0.6) is 0 Å². The number of alkyl halides is 3. The molecule has 46 heavy (non-hydrogen) atoms. The predicted molar refractivity (Wildman–Crippen MR) is 162 cm³/mol. The number of halogens is 5. The van der Waals surface area contributed by atoms with Crippen LogP contribution in [0.1, 0.15) is 59.4 Å². The number of benzene rings is 2. The van der Waals surface area contributed by atoms with Crippen LogP contribution in [0.15, 0.2) is 83.5 Å². The number of ketones is 1. The lowest BCUT2D eigenvalue weighted by molar-refractivity contribution is -0.137. The number of pyridine rings is 1. The number of nitrogens with zero attached hydrogens (tertiary/aromatic N) is 4. The van der Waals surface area contributed by atoms with E-state index in [2.05, 4.69) is 10.1 Å². The number of aromatic nitrogens is 3. The highest BCUT2D eigenvalue weighted by Gasteiger charge is 2.54. The first-order chi connectivity index (χ1) is 21.9. The SMILES string of the molecule is O=C(c1cc(C(F)(F)F)ccn1)[C@]12Cc3cnn(-c4ccc(F)cc4)c3C=C1CC[C@H](N(C1CC1)S(=O)(=O)c1ccc(Cl)cc1)C2. The molecule has 2 fully saturated rings. The molecular weight excluding hydrogens is 644 g/mol. The van der Waals surface area contributed by atoms with Gasteiger partial charge in [-0.25, -0.2) is 17.5 Å². The molecule has 0 radical (unpaired) electrons. The number of carbonyl (C=O) groups excluding carboxylic acids is 1. The zero-order valence-electron chi connectivity index (χ0n) is 24.2. The van der Waals surface area contributed by atoms with E-state index in [1.165, 1.54) is 40.7 Å². The van der Waals surface area contributed by atoms with Crippen molar-refractivity contribution in [1.29, 1.82) is 0 Å². The topological polar surface area (TPSA) is 85.2 Å². The first-order valence-corrected chi connectivity index (χ1v) is 16.6. The van der Waals surface area contributed by atoms with Crippen LogP contribution in [0.3, 0.4) is 0 Å². The minimum atomic E-state index is -4.69. The second kappa shape index (κ2) is 11.1. The number of Topliss-reactive ketones (excluding diaryl/α,β-unsaturated/α-hetero) is 1. The monoisotopic (exact) mass is 670 g/mol. The average Bonchev–Trinajstić information content (AvgIpc) is 3.78. The third-order valence-electron chi connectivity index (χ3n) is 9.12. The molecular formula is C33H27ClF4N4O3S. The van der Waals surface area contributed by atoms with Gasteiger partial charge in [0.25, 0.3) is 0 Å². The Morgan fingerprint density at radius 2 is 1.72 bits per heavy atom. The van der Waals surface area contributed by atoms with E-state index in [-0.39, 0.29) is 29.5 Å². The van der Waals surface area contributed by atoms with Crippen molar-refractivity contribution in [1.82, 2.24) is 19.1 Å². The van der Waals surface area contributed by atoms with Crippen LogP contribution in [-0.2, 0) is 22.6 Å². The maximum Gasteiger partial charge on any atom is 0.416 e. The molecule has 2 atom stereocenters. The van der Waals surface area contributed by atoms with Crippen molar-refractivity contribution < 1.29 is 30.8 Å². The second-order valence-electron chi connectivity index (χ2n) is 12.0. The van der Waals surface area contributed by atoms with Crippen LogP contribution in [0, 0.1) is 11.2 Å². The third kappa shape index (κ3) is 5.35. The average molecular weight is 671 g/mol. The summed E-state index contributed by atoms with van der Waals surface area (Å²) in [6.07, 6.45) is 1.89.